The number of rotatable bonds is 6. The van der Waals surface area contributed by atoms with Crippen LogP contribution in [-0.2, 0) is 0 Å². The van der Waals surface area contributed by atoms with Gasteiger partial charge in [0.2, 0.25) is 0 Å². The molecule has 14 heavy (non-hydrogen) atoms. The van der Waals surface area contributed by atoms with Crippen molar-refractivity contribution in [1.82, 2.24) is 15.2 Å². The van der Waals surface area contributed by atoms with E-state index in [1.165, 1.54) is 0 Å². The molecule has 82 valence electrons. The zero-order valence-electron chi connectivity index (χ0n) is 8.99. The van der Waals surface area contributed by atoms with Crippen molar-refractivity contribution in [3.8, 4) is 0 Å². The summed E-state index contributed by atoms with van der Waals surface area (Å²) in [5.41, 5.74) is 0. The maximum Gasteiger partial charge on any atom is 0.340 e. The fraction of sp³-hybridized carbons (Fsp3) is 0.875. The lowest BCUT2D eigenvalue weighted by atomic mass is 10.4. The Kier molecular flexibility index (Phi) is 6.65. The van der Waals surface area contributed by atoms with E-state index in [-0.39, 0.29) is 0 Å². The minimum Gasteiger partial charge on any atom is -0.337 e. The molecule has 0 saturated heterocycles. The largest absolute Gasteiger partial charge is 0.340 e. The highest BCUT2D eigenvalue weighted by atomic mass is 16.3. The zero-order valence-corrected chi connectivity index (χ0v) is 8.99. The molecular formula is C8H18N4O2. The predicted molar refractivity (Wildman–Crippen MR) is 54.7 cm³/mol. The molecule has 0 aliphatic carbocycles. The van der Waals surface area contributed by atoms with E-state index >= 15 is 0 Å². The van der Waals surface area contributed by atoms with Crippen molar-refractivity contribution in [3.05, 3.63) is 4.91 Å². The summed E-state index contributed by atoms with van der Waals surface area (Å²) >= 11 is 0. The van der Waals surface area contributed by atoms with Crippen LogP contribution >= 0.6 is 0 Å². The summed E-state index contributed by atoms with van der Waals surface area (Å²) in [4.78, 5) is 23.4. The van der Waals surface area contributed by atoms with Gasteiger partial charge in [-0.3, -0.25) is 0 Å². The minimum atomic E-state index is -0.429. The van der Waals surface area contributed by atoms with Crippen LogP contribution in [0.1, 0.15) is 13.3 Å². The Morgan fingerprint density at radius 1 is 1.36 bits per heavy atom. The molecule has 1 N–H and O–H groups in total. The van der Waals surface area contributed by atoms with Crippen LogP contribution in [0.25, 0.3) is 0 Å². The van der Waals surface area contributed by atoms with E-state index in [1.807, 2.05) is 19.0 Å². The van der Waals surface area contributed by atoms with E-state index in [0.717, 1.165) is 18.0 Å². The number of nitrogens with zero attached hydrogens (tertiary/aromatic N) is 3. The molecule has 0 unspecified atom stereocenters. The van der Waals surface area contributed by atoms with Crippen LogP contribution in [-0.4, -0.2) is 49.7 Å². The molecule has 0 rings (SSSR count). The van der Waals surface area contributed by atoms with Gasteiger partial charge in [0.05, 0.1) is 11.8 Å². The number of hydrogen-bond acceptors (Lipinski definition) is 4. The Morgan fingerprint density at radius 3 is 2.43 bits per heavy atom. The Hall–Kier alpha value is -1.17. The van der Waals surface area contributed by atoms with E-state index in [2.05, 4.69) is 10.6 Å². The highest BCUT2D eigenvalue weighted by molar-refractivity contribution is 5.73. The van der Waals surface area contributed by atoms with Gasteiger partial charge in [0.15, 0.2) is 0 Å². The highest BCUT2D eigenvalue weighted by Gasteiger charge is 2.11. The van der Waals surface area contributed by atoms with Gasteiger partial charge in [-0.15, -0.1) is 4.91 Å². The lowest BCUT2D eigenvalue weighted by Crippen LogP contribution is -2.37. The molecule has 0 radical (unpaired) electrons. The van der Waals surface area contributed by atoms with Gasteiger partial charge in [-0.1, -0.05) is 0 Å². The Balaban J connectivity index is 3.78. The van der Waals surface area contributed by atoms with Crippen LogP contribution in [0.4, 0.5) is 4.79 Å². The Morgan fingerprint density at radius 2 is 2.00 bits per heavy atom. The van der Waals surface area contributed by atoms with E-state index in [1.54, 1.807) is 6.92 Å². The lowest BCUT2D eigenvalue weighted by Gasteiger charge is -2.15. The number of carbonyl (C=O) groups excluding carboxylic acids is 1. The summed E-state index contributed by atoms with van der Waals surface area (Å²) in [5.74, 6) is 0. The Bertz CT molecular complexity index is 184. The fourth-order valence-electron chi connectivity index (χ4n) is 0.959. The van der Waals surface area contributed by atoms with Gasteiger partial charge < -0.3 is 10.2 Å². The minimum absolute atomic E-state index is 0.355. The first kappa shape index (κ1) is 12.8. The van der Waals surface area contributed by atoms with Crippen LogP contribution in [0.3, 0.4) is 0 Å². The molecule has 0 heterocycles. The SMILES string of the molecule is CCNC(=O)N(CCCN(C)C)N=O. The fourth-order valence-corrected chi connectivity index (χ4v) is 0.959. The molecule has 0 fully saturated rings. The standard InChI is InChI=1S/C8H18N4O2/c1-4-9-8(13)12(10-14)7-5-6-11(2)3/h4-7H2,1-3H3,(H,9,13). The van der Waals surface area contributed by atoms with Crippen molar-refractivity contribution < 1.29 is 4.79 Å². The van der Waals surface area contributed by atoms with Crippen LogP contribution in [0.2, 0.25) is 0 Å². The quantitative estimate of drug-likeness (QED) is 0.508. The topological polar surface area (TPSA) is 65.0 Å². The Labute approximate surface area is 84.2 Å². The average Bonchev–Trinajstić information content (AvgIpc) is 2.12. The molecule has 6 heteroatoms. The average molecular weight is 202 g/mol. The smallest absolute Gasteiger partial charge is 0.337 e. The molecule has 0 aliphatic rings. The molecule has 0 atom stereocenters. The molecule has 0 bridgehead atoms. The van der Waals surface area contributed by atoms with Gasteiger partial charge >= 0.3 is 6.03 Å². The molecule has 0 aromatic heterocycles. The summed E-state index contributed by atoms with van der Waals surface area (Å²) < 4.78 is 0. The number of nitroso groups, excluding NO2 is 1. The monoisotopic (exact) mass is 202 g/mol. The van der Waals surface area contributed by atoms with Crippen LogP contribution in [0.15, 0.2) is 5.29 Å². The molecule has 0 saturated carbocycles. The molecular weight excluding hydrogens is 184 g/mol. The van der Waals surface area contributed by atoms with Crippen molar-refractivity contribution in [1.29, 1.82) is 0 Å². The third-order valence-electron chi connectivity index (χ3n) is 1.64. The van der Waals surface area contributed by atoms with Gasteiger partial charge in [0.1, 0.15) is 0 Å². The summed E-state index contributed by atoms with van der Waals surface area (Å²) in [6, 6.07) is -0.429. The number of amides is 2. The maximum absolute atomic E-state index is 11.2. The van der Waals surface area contributed by atoms with E-state index < -0.39 is 6.03 Å². The van der Waals surface area contributed by atoms with Gasteiger partial charge in [-0.05, 0) is 34.0 Å². The first-order valence-electron chi connectivity index (χ1n) is 4.65. The molecule has 6 nitrogen and oxygen atoms in total. The maximum atomic E-state index is 11.2. The first-order chi connectivity index (χ1) is 6.61. The first-order valence-corrected chi connectivity index (χ1v) is 4.65. The summed E-state index contributed by atoms with van der Waals surface area (Å²) in [5, 5.41) is 6.08. The number of hydrogen-bond donors (Lipinski definition) is 1. The molecule has 2 amide bonds. The highest BCUT2D eigenvalue weighted by Crippen LogP contribution is 1.94. The van der Waals surface area contributed by atoms with Gasteiger partial charge in [-0.25, -0.2) is 4.79 Å². The van der Waals surface area contributed by atoms with Crippen LogP contribution < -0.4 is 5.32 Å². The summed E-state index contributed by atoms with van der Waals surface area (Å²) in [7, 11) is 3.87. The van der Waals surface area contributed by atoms with Crippen molar-refractivity contribution in [3.63, 3.8) is 0 Å². The second-order valence-corrected chi connectivity index (χ2v) is 3.20. The number of carbonyl (C=O) groups is 1. The zero-order chi connectivity index (χ0) is 11.0. The number of nitrogens with one attached hydrogen (secondary N) is 1. The van der Waals surface area contributed by atoms with E-state index in [0.29, 0.717) is 13.1 Å². The van der Waals surface area contributed by atoms with Crippen molar-refractivity contribution in [2.75, 3.05) is 33.7 Å². The van der Waals surface area contributed by atoms with Gasteiger partial charge in [0.25, 0.3) is 0 Å². The molecule has 0 spiro atoms. The van der Waals surface area contributed by atoms with E-state index in [9.17, 15) is 9.70 Å². The lowest BCUT2D eigenvalue weighted by molar-refractivity contribution is 0.197. The predicted octanol–water partition coefficient (Wildman–Crippen LogP) is 0.651. The normalized spacial score (nSPS) is 10.0. The molecule has 0 aromatic carbocycles. The molecule has 0 aromatic rings. The second kappa shape index (κ2) is 7.25. The van der Waals surface area contributed by atoms with Crippen LogP contribution in [0, 0.1) is 4.91 Å². The third-order valence-corrected chi connectivity index (χ3v) is 1.64. The van der Waals surface area contributed by atoms with Crippen molar-refractivity contribution >= 4 is 6.03 Å². The summed E-state index contributed by atoms with van der Waals surface area (Å²) in [6.07, 6.45) is 0.732. The van der Waals surface area contributed by atoms with Crippen molar-refractivity contribution in [2.24, 2.45) is 5.29 Å². The number of urea groups is 1. The molecule has 0 aliphatic heterocycles. The van der Waals surface area contributed by atoms with E-state index in [4.69, 9.17) is 0 Å². The van der Waals surface area contributed by atoms with Gasteiger partial charge in [0, 0.05) is 6.54 Å². The summed E-state index contributed by atoms with van der Waals surface area (Å²) in [6.45, 7) is 3.47. The third kappa shape index (κ3) is 5.47. The van der Waals surface area contributed by atoms with Crippen LogP contribution in [0.5, 0.6) is 0 Å². The van der Waals surface area contributed by atoms with Crippen molar-refractivity contribution in [2.45, 2.75) is 13.3 Å². The second-order valence-electron chi connectivity index (χ2n) is 3.20. The van der Waals surface area contributed by atoms with Gasteiger partial charge in [-0.2, -0.15) is 5.01 Å².